The van der Waals surface area contributed by atoms with Crippen LogP contribution in [0, 0.1) is 5.92 Å². The first kappa shape index (κ1) is 15.5. The van der Waals surface area contributed by atoms with Gasteiger partial charge in [0.05, 0.1) is 6.61 Å². The molecular formula is C13H21NO5. The summed E-state index contributed by atoms with van der Waals surface area (Å²) in [6, 6.07) is 0. The summed E-state index contributed by atoms with van der Waals surface area (Å²) < 4.78 is 10.1. The van der Waals surface area contributed by atoms with Crippen molar-refractivity contribution < 1.29 is 23.9 Å². The Balaban J connectivity index is 2.66. The van der Waals surface area contributed by atoms with Crippen molar-refractivity contribution in [1.82, 2.24) is 4.90 Å². The molecule has 1 fully saturated rings. The zero-order chi connectivity index (χ0) is 14.6. The third-order valence-electron chi connectivity index (χ3n) is 2.64. The number of likely N-dealkylation sites (tertiary alicyclic amines) is 1. The number of ether oxygens (including phenoxy) is 2. The van der Waals surface area contributed by atoms with Crippen LogP contribution in [0.1, 0.15) is 34.1 Å². The molecule has 0 aliphatic carbocycles. The highest BCUT2D eigenvalue weighted by Gasteiger charge is 2.37. The molecule has 0 aromatic rings. The molecule has 0 saturated carbocycles. The SMILES string of the molecule is CCOC(=O)[C@H]1CN(C(=O)OC(C)(C)C)CCC1=O. The highest BCUT2D eigenvalue weighted by atomic mass is 16.6. The number of hydrogen-bond acceptors (Lipinski definition) is 5. The van der Waals surface area contributed by atoms with E-state index in [-0.39, 0.29) is 31.9 Å². The van der Waals surface area contributed by atoms with Crippen LogP contribution < -0.4 is 0 Å². The average molecular weight is 271 g/mol. The first-order valence-electron chi connectivity index (χ1n) is 6.42. The Bertz CT molecular complexity index is 372. The van der Waals surface area contributed by atoms with Crippen LogP contribution in [0.15, 0.2) is 0 Å². The fraction of sp³-hybridized carbons (Fsp3) is 0.769. The maximum absolute atomic E-state index is 11.9. The number of hydrogen-bond donors (Lipinski definition) is 0. The molecule has 1 heterocycles. The van der Waals surface area contributed by atoms with Crippen molar-refractivity contribution >= 4 is 17.8 Å². The summed E-state index contributed by atoms with van der Waals surface area (Å²) in [7, 11) is 0. The normalized spacial score (nSPS) is 20.1. The molecule has 6 heteroatoms. The number of ketones is 1. The van der Waals surface area contributed by atoms with E-state index in [2.05, 4.69) is 0 Å². The number of Topliss-reactive ketones (excluding diaryl/α,β-unsaturated/α-hetero) is 1. The van der Waals surface area contributed by atoms with Gasteiger partial charge in [0.2, 0.25) is 0 Å². The number of nitrogens with zero attached hydrogens (tertiary/aromatic N) is 1. The highest BCUT2D eigenvalue weighted by molar-refractivity contribution is 6.00. The second-order valence-corrected chi connectivity index (χ2v) is 5.45. The molecule has 0 unspecified atom stereocenters. The first-order valence-corrected chi connectivity index (χ1v) is 6.42. The van der Waals surface area contributed by atoms with Gasteiger partial charge in [0.1, 0.15) is 11.5 Å². The van der Waals surface area contributed by atoms with Crippen LogP contribution in [-0.2, 0) is 19.1 Å². The van der Waals surface area contributed by atoms with Gasteiger partial charge in [-0.1, -0.05) is 0 Å². The van der Waals surface area contributed by atoms with E-state index in [9.17, 15) is 14.4 Å². The maximum atomic E-state index is 11.9. The Morgan fingerprint density at radius 2 is 2.00 bits per heavy atom. The van der Waals surface area contributed by atoms with Gasteiger partial charge in [0.15, 0.2) is 5.78 Å². The topological polar surface area (TPSA) is 72.9 Å². The van der Waals surface area contributed by atoms with Gasteiger partial charge in [0, 0.05) is 19.5 Å². The molecule has 0 spiro atoms. The van der Waals surface area contributed by atoms with Gasteiger partial charge in [-0.15, -0.1) is 0 Å². The Kier molecular flexibility index (Phi) is 4.91. The van der Waals surface area contributed by atoms with Crippen LogP contribution in [0.3, 0.4) is 0 Å². The zero-order valence-electron chi connectivity index (χ0n) is 11.9. The van der Waals surface area contributed by atoms with E-state index in [4.69, 9.17) is 9.47 Å². The lowest BCUT2D eigenvalue weighted by molar-refractivity contribution is -0.153. The van der Waals surface area contributed by atoms with Crippen molar-refractivity contribution in [3.05, 3.63) is 0 Å². The summed E-state index contributed by atoms with van der Waals surface area (Å²) in [6.07, 6.45) is -0.350. The molecule has 0 bridgehead atoms. The minimum atomic E-state index is -0.888. The van der Waals surface area contributed by atoms with Crippen molar-refractivity contribution in [1.29, 1.82) is 0 Å². The van der Waals surface area contributed by atoms with Crippen LogP contribution in [0.4, 0.5) is 4.79 Å². The van der Waals surface area contributed by atoms with Gasteiger partial charge in [-0.25, -0.2) is 4.79 Å². The van der Waals surface area contributed by atoms with E-state index in [0.29, 0.717) is 0 Å². The molecule has 1 rings (SSSR count). The van der Waals surface area contributed by atoms with Gasteiger partial charge < -0.3 is 14.4 Å². The number of esters is 1. The summed E-state index contributed by atoms with van der Waals surface area (Å²) in [6.45, 7) is 7.51. The van der Waals surface area contributed by atoms with Gasteiger partial charge in [-0.2, -0.15) is 0 Å². The van der Waals surface area contributed by atoms with Crippen molar-refractivity contribution in [2.45, 2.75) is 39.7 Å². The second kappa shape index (κ2) is 6.04. The van der Waals surface area contributed by atoms with E-state index in [1.54, 1.807) is 27.7 Å². The molecule has 0 aromatic carbocycles. The minimum absolute atomic E-state index is 0.0343. The maximum Gasteiger partial charge on any atom is 0.410 e. The molecule has 1 aliphatic rings. The van der Waals surface area contributed by atoms with E-state index in [0.717, 1.165) is 0 Å². The van der Waals surface area contributed by atoms with Gasteiger partial charge >= 0.3 is 12.1 Å². The number of carbonyl (C=O) groups excluding carboxylic acids is 3. The van der Waals surface area contributed by atoms with Gasteiger partial charge in [0.25, 0.3) is 0 Å². The van der Waals surface area contributed by atoms with Gasteiger partial charge in [-0.05, 0) is 27.7 Å². The molecule has 19 heavy (non-hydrogen) atoms. The molecular weight excluding hydrogens is 250 g/mol. The lowest BCUT2D eigenvalue weighted by atomic mass is 9.97. The molecule has 0 N–H and O–H groups in total. The number of rotatable bonds is 2. The Hall–Kier alpha value is -1.59. The number of piperidine rings is 1. The third-order valence-corrected chi connectivity index (χ3v) is 2.64. The van der Waals surface area contributed by atoms with Crippen LogP contribution >= 0.6 is 0 Å². The lowest BCUT2D eigenvalue weighted by Crippen LogP contribution is -2.48. The van der Waals surface area contributed by atoms with Crippen molar-refractivity contribution in [3.8, 4) is 0 Å². The smallest absolute Gasteiger partial charge is 0.410 e. The summed E-state index contributed by atoms with van der Waals surface area (Å²) in [4.78, 5) is 36.6. The van der Waals surface area contributed by atoms with Crippen LogP contribution in [0.5, 0.6) is 0 Å². The monoisotopic (exact) mass is 271 g/mol. The van der Waals surface area contributed by atoms with Crippen LogP contribution in [0.2, 0.25) is 0 Å². The number of carbonyl (C=O) groups is 3. The van der Waals surface area contributed by atoms with Gasteiger partial charge in [-0.3, -0.25) is 9.59 Å². The molecule has 1 amide bonds. The zero-order valence-corrected chi connectivity index (χ0v) is 11.9. The van der Waals surface area contributed by atoms with Crippen LogP contribution in [-0.4, -0.2) is 48.0 Å². The molecule has 0 aromatic heterocycles. The molecule has 0 radical (unpaired) electrons. The Labute approximate surface area is 113 Å². The predicted octanol–water partition coefficient (Wildman–Crippen LogP) is 1.38. The van der Waals surface area contributed by atoms with Crippen LogP contribution in [0.25, 0.3) is 0 Å². The van der Waals surface area contributed by atoms with E-state index >= 15 is 0 Å². The molecule has 1 atom stereocenters. The Morgan fingerprint density at radius 3 is 2.53 bits per heavy atom. The molecule has 108 valence electrons. The average Bonchev–Trinajstić information content (AvgIpc) is 2.27. The molecule has 1 aliphatic heterocycles. The lowest BCUT2D eigenvalue weighted by Gasteiger charge is -2.32. The third kappa shape index (κ3) is 4.54. The molecule has 6 nitrogen and oxygen atoms in total. The minimum Gasteiger partial charge on any atom is -0.465 e. The largest absolute Gasteiger partial charge is 0.465 e. The van der Waals surface area contributed by atoms with E-state index in [1.165, 1.54) is 4.90 Å². The fourth-order valence-corrected chi connectivity index (χ4v) is 1.77. The fourth-order valence-electron chi connectivity index (χ4n) is 1.77. The molecule has 1 saturated heterocycles. The summed E-state index contributed by atoms with van der Waals surface area (Å²) in [5.41, 5.74) is -0.599. The van der Waals surface area contributed by atoms with E-state index in [1.807, 2.05) is 0 Å². The standard InChI is InChI=1S/C13H21NO5/c1-5-18-11(16)9-8-14(7-6-10(9)15)12(17)19-13(2,3)4/h9H,5-8H2,1-4H3/t9-/m0/s1. The summed E-state index contributed by atoms with van der Waals surface area (Å²) >= 11 is 0. The quantitative estimate of drug-likeness (QED) is 0.560. The van der Waals surface area contributed by atoms with Crippen molar-refractivity contribution in [2.24, 2.45) is 5.92 Å². The van der Waals surface area contributed by atoms with E-state index < -0.39 is 23.6 Å². The Morgan fingerprint density at radius 1 is 1.37 bits per heavy atom. The number of amides is 1. The highest BCUT2D eigenvalue weighted by Crippen LogP contribution is 2.18. The second-order valence-electron chi connectivity index (χ2n) is 5.45. The predicted molar refractivity (Wildman–Crippen MR) is 67.6 cm³/mol. The summed E-state index contributed by atoms with van der Waals surface area (Å²) in [5, 5.41) is 0. The van der Waals surface area contributed by atoms with Crippen molar-refractivity contribution in [2.75, 3.05) is 19.7 Å². The first-order chi connectivity index (χ1) is 8.74. The summed E-state index contributed by atoms with van der Waals surface area (Å²) in [5.74, 6) is -1.64. The van der Waals surface area contributed by atoms with Crippen molar-refractivity contribution in [3.63, 3.8) is 0 Å².